The van der Waals surface area contributed by atoms with Crippen molar-refractivity contribution in [1.29, 1.82) is 0 Å². The largest absolute Gasteiger partial charge is 0.497 e. The van der Waals surface area contributed by atoms with Crippen LogP contribution in [0, 0.1) is 0 Å². The smallest absolute Gasteiger partial charge is 0.142 e. The number of anilines is 1. The second-order valence-electron chi connectivity index (χ2n) is 4.52. The number of nitrogen functional groups attached to an aromatic ring is 1. The second kappa shape index (κ2) is 8.67. The molecule has 0 aliphatic heterocycles. The van der Waals surface area contributed by atoms with Crippen molar-refractivity contribution >= 4 is 5.69 Å². The summed E-state index contributed by atoms with van der Waals surface area (Å²) in [6, 6.07) is 5.52. The number of unbranched alkanes of at least 4 members (excludes halogenated alkanes) is 5. The summed E-state index contributed by atoms with van der Waals surface area (Å²) in [6.07, 6.45) is 7.59. The average Bonchev–Trinajstić information content (AvgIpc) is 2.39. The quantitative estimate of drug-likeness (QED) is 0.532. The van der Waals surface area contributed by atoms with E-state index in [0.29, 0.717) is 5.69 Å². The normalized spacial score (nSPS) is 10.3. The Morgan fingerprint density at radius 2 is 1.78 bits per heavy atom. The number of hydrogen-bond donors (Lipinski definition) is 1. The van der Waals surface area contributed by atoms with Crippen molar-refractivity contribution in [3.8, 4) is 11.5 Å². The fraction of sp³-hybridized carbons (Fsp3) is 0.600. The maximum absolute atomic E-state index is 5.87. The molecule has 1 aromatic carbocycles. The summed E-state index contributed by atoms with van der Waals surface area (Å²) in [6.45, 7) is 2.97. The van der Waals surface area contributed by atoms with Gasteiger partial charge in [-0.2, -0.15) is 0 Å². The van der Waals surface area contributed by atoms with Crippen LogP contribution in [-0.2, 0) is 0 Å². The van der Waals surface area contributed by atoms with Crippen LogP contribution in [0.5, 0.6) is 11.5 Å². The SMILES string of the molecule is CCCCCCCCOc1ccc(OC)cc1N. The summed E-state index contributed by atoms with van der Waals surface area (Å²) in [5.41, 5.74) is 6.51. The zero-order chi connectivity index (χ0) is 13.2. The van der Waals surface area contributed by atoms with E-state index in [1.807, 2.05) is 12.1 Å². The second-order valence-corrected chi connectivity index (χ2v) is 4.52. The number of rotatable bonds is 9. The molecule has 1 aromatic rings. The number of benzene rings is 1. The molecule has 0 radical (unpaired) electrons. The van der Waals surface area contributed by atoms with E-state index in [4.69, 9.17) is 15.2 Å². The lowest BCUT2D eigenvalue weighted by molar-refractivity contribution is 0.305. The third-order valence-corrected chi connectivity index (χ3v) is 2.97. The lowest BCUT2D eigenvalue weighted by Crippen LogP contribution is -2.00. The summed E-state index contributed by atoms with van der Waals surface area (Å²) >= 11 is 0. The minimum atomic E-state index is 0.639. The highest BCUT2D eigenvalue weighted by Crippen LogP contribution is 2.26. The van der Waals surface area contributed by atoms with Crippen molar-refractivity contribution in [1.82, 2.24) is 0 Å². The Bertz CT molecular complexity index is 339. The molecule has 0 amide bonds. The van der Waals surface area contributed by atoms with Gasteiger partial charge in [-0.15, -0.1) is 0 Å². The van der Waals surface area contributed by atoms with Crippen LogP contribution < -0.4 is 15.2 Å². The van der Waals surface area contributed by atoms with Crippen molar-refractivity contribution in [2.24, 2.45) is 0 Å². The maximum Gasteiger partial charge on any atom is 0.142 e. The van der Waals surface area contributed by atoms with Gasteiger partial charge in [0.2, 0.25) is 0 Å². The molecule has 102 valence electrons. The Morgan fingerprint density at radius 3 is 2.44 bits per heavy atom. The molecule has 0 fully saturated rings. The van der Waals surface area contributed by atoms with E-state index in [0.717, 1.165) is 24.5 Å². The van der Waals surface area contributed by atoms with Crippen LogP contribution in [0.4, 0.5) is 5.69 Å². The molecule has 3 nitrogen and oxygen atoms in total. The van der Waals surface area contributed by atoms with Crippen LogP contribution in [0.2, 0.25) is 0 Å². The molecule has 0 saturated heterocycles. The fourth-order valence-electron chi connectivity index (χ4n) is 1.85. The number of nitrogens with two attached hydrogens (primary N) is 1. The highest BCUT2D eigenvalue weighted by molar-refractivity contribution is 5.56. The molecule has 0 unspecified atom stereocenters. The van der Waals surface area contributed by atoms with E-state index in [1.54, 1.807) is 13.2 Å². The van der Waals surface area contributed by atoms with Crippen LogP contribution >= 0.6 is 0 Å². The van der Waals surface area contributed by atoms with Crippen LogP contribution in [0.25, 0.3) is 0 Å². The molecule has 0 aliphatic rings. The Labute approximate surface area is 110 Å². The predicted octanol–water partition coefficient (Wildman–Crippen LogP) is 4.02. The van der Waals surface area contributed by atoms with E-state index in [-0.39, 0.29) is 0 Å². The third kappa shape index (κ3) is 5.30. The van der Waals surface area contributed by atoms with Gasteiger partial charge in [-0.1, -0.05) is 39.0 Å². The first-order valence-electron chi connectivity index (χ1n) is 6.84. The molecular weight excluding hydrogens is 226 g/mol. The Hall–Kier alpha value is -1.38. The molecule has 18 heavy (non-hydrogen) atoms. The molecular formula is C15H25NO2. The van der Waals surface area contributed by atoms with Crippen molar-refractivity contribution in [3.63, 3.8) is 0 Å². The number of methoxy groups -OCH3 is 1. The third-order valence-electron chi connectivity index (χ3n) is 2.97. The first-order valence-corrected chi connectivity index (χ1v) is 6.84. The molecule has 0 heterocycles. The van der Waals surface area contributed by atoms with Gasteiger partial charge in [-0.05, 0) is 18.6 Å². The maximum atomic E-state index is 5.87. The van der Waals surface area contributed by atoms with E-state index in [9.17, 15) is 0 Å². The van der Waals surface area contributed by atoms with Gasteiger partial charge < -0.3 is 15.2 Å². The lowest BCUT2D eigenvalue weighted by atomic mass is 10.1. The molecule has 0 atom stereocenters. The Kier molecular flexibility index (Phi) is 7.07. The highest BCUT2D eigenvalue weighted by Gasteiger charge is 2.01. The van der Waals surface area contributed by atoms with Gasteiger partial charge in [0.15, 0.2) is 0 Å². The Morgan fingerprint density at radius 1 is 1.06 bits per heavy atom. The lowest BCUT2D eigenvalue weighted by Gasteiger charge is -2.10. The summed E-state index contributed by atoms with van der Waals surface area (Å²) in [4.78, 5) is 0. The van der Waals surface area contributed by atoms with Crippen LogP contribution in [0.3, 0.4) is 0 Å². The standard InChI is InChI=1S/C15H25NO2/c1-3-4-5-6-7-8-11-18-15-10-9-13(17-2)12-14(15)16/h9-10,12H,3-8,11,16H2,1-2H3. The average molecular weight is 251 g/mol. The molecule has 0 spiro atoms. The Balaban J connectivity index is 2.19. The molecule has 0 aliphatic carbocycles. The summed E-state index contributed by atoms with van der Waals surface area (Å²) in [5, 5.41) is 0. The van der Waals surface area contributed by atoms with Gasteiger partial charge in [0, 0.05) is 6.07 Å². The number of hydrogen-bond acceptors (Lipinski definition) is 3. The van der Waals surface area contributed by atoms with Gasteiger partial charge in [-0.3, -0.25) is 0 Å². The van der Waals surface area contributed by atoms with Gasteiger partial charge in [0.05, 0.1) is 19.4 Å². The summed E-state index contributed by atoms with van der Waals surface area (Å²) in [7, 11) is 1.63. The molecule has 0 saturated carbocycles. The van der Waals surface area contributed by atoms with Crippen molar-refractivity contribution in [2.45, 2.75) is 45.4 Å². The highest BCUT2D eigenvalue weighted by atomic mass is 16.5. The van der Waals surface area contributed by atoms with Crippen molar-refractivity contribution in [3.05, 3.63) is 18.2 Å². The van der Waals surface area contributed by atoms with Gasteiger partial charge in [-0.25, -0.2) is 0 Å². The molecule has 2 N–H and O–H groups in total. The van der Waals surface area contributed by atoms with Crippen molar-refractivity contribution in [2.75, 3.05) is 19.5 Å². The molecule has 1 rings (SSSR count). The predicted molar refractivity (Wildman–Crippen MR) is 76.3 cm³/mol. The zero-order valence-electron chi connectivity index (χ0n) is 11.6. The first kappa shape index (κ1) is 14.7. The van der Waals surface area contributed by atoms with E-state index < -0.39 is 0 Å². The first-order chi connectivity index (χ1) is 8.77. The van der Waals surface area contributed by atoms with Crippen LogP contribution in [0.15, 0.2) is 18.2 Å². The van der Waals surface area contributed by atoms with E-state index in [1.165, 1.54) is 32.1 Å². The molecule has 3 heteroatoms. The van der Waals surface area contributed by atoms with Crippen molar-refractivity contribution < 1.29 is 9.47 Å². The fourth-order valence-corrected chi connectivity index (χ4v) is 1.85. The summed E-state index contributed by atoms with van der Waals surface area (Å²) in [5.74, 6) is 1.52. The minimum absolute atomic E-state index is 0.639. The zero-order valence-corrected chi connectivity index (χ0v) is 11.6. The van der Waals surface area contributed by atoms with Gasteiger partial charge in [0.1, 0.15) is 11.5 Å². The van der Waals surface area contributed by atoms with Crippen LogP contribution in [-0.4, -0.2) is 13.7 Å². The minimum Gasteiger partial charge on any atom is -0.497 e. The van der Waals surface area contributed by atoms with E-state index in [2.05, 4.69) is 6.92 Å². The molecule has 0 aromatic heterocycles. The van der Waals surface area contributed by atoms with Crippen LogP contribution in [0.1, 0.15) is 45.4 Å². The topological polar surface area (TPSA) is 44.5 Å². The van der Waals surface area contributed by atoms with Gasteiger partial charge >= 0.3 is 0 Å². The van der Waals surface area contributed by atoms with Gasteiger partial charge in [0.25, 0.3) is 0 Å². The molecule has 0 bridgehead atoms. The summed E-state index contributed by atoms with van der Waals surface area (Å²) < 4.78 is 10.8. The number of ether oxygens (including phenoxy) is 2. The monoisotopic (exact) mass is 251 g/mol. The van der Waals surface area contributed by atoms with E-state index >= 15 is 0 Å².